The Balaban J connectivity index is 2.15. The van der Waals surface area contributed by atoms with E-state index in [1.165, 1.54) is 20.3 Å². The second kappa shape index (κ2) is 6.35. The average molecular weight is 461 g/mol. The van der Waals surface area contributed by atoms with Crippen molar-refractivity contribution in [2.45, 2.75) is 6.92 Å². The van der Waals surface area contributed by atoms with E-state index < -0.39 is 50.9 Å². The van der Waals surface area contributed by atoms with E-state index in [9.17, 15) is 24.6 Å². The molecule has 0 radical (unpaired) electrons. The molecule has 1 aromatic heterocycles. The molecule has 0 unspecified atom stereocenters. The van der Waals surface area contributed by atoms with Gasteiger partial charge in [0, 0.05) is 12.1 Å². The minimum atomic E-state index is -0.924. The molecule has 0 saturated heterocycles. The van der Waals surface area contributed by atoms with Gasteiger partial charge in [-0.15, -0.1) is 0 Å². The van der Waals surface area contributed by atoms with Crippen LogP contribution in [-0.4, -0.2) is 36.0 Å². The number of fused-ring (bicyclic) bond motifs is 3. The number of benzene rings is 2. The fourth-order valence-electron chi connectivity index (χ4n) is 3.48. The van der Waals surface area contributed by atoms with Gasteiger partial charge in [-0.3, -0.25) is 14.4 Å². The number of aromatic hydroxyl groups is 2. The predicted octanol–water partition coefficient (Wildman–Crippen LogP) is 3.07. The number of phenols is 2. The summed E-state index contributed by atoms with van der Waals surface area (Å²) in [6, 6.07) is 2.42. The number of carbonyl (C=O) groups is 2. The van der Waals surface area contributed by atoms with Gasteiger partial charge >= 0.3 is 0 Å². The van der Waals surface area contributed by atoms with Gasteiger partial charge in [-0.1, -0.05) is 0 Å². The highest BCUT2D eigenvalue weighted by atomic mass is 79.9. The van der Waals surface area contributed by atoms with Crippen LogP contribution in [-0.2, 0) is 0 Å². The standard InChI is InChI=1S/C20H13BrO8/c1-6-11-8(5-9(27-2)15(6)21)29-20-14(17(11)24)18(25)12-7(22)4-10(28-3)16(23)13(12)19(20)26/h4-5,22-23H,1-3H3. The van der Waals surface area contributed by atoms with Gasteiger partial charge < -0.3 is 24.1 Å². The van der Waals surface area contributed by atoms with E-state index >= 15 is 0 Å². The van der Waals surface area contributed by atoms with Crippen molar-refractivity contribution in [1.29, 1.82) is 0 Å². The summed E-state index contributed by atoms with van der Waals surface area (Å²) in [6.45, 7) is 1.63. The summed E-state index contributed by atoms with van der Waals surface area (Å²) in [5, 5.41) is 20.7. The van der Waals surface area contributed by atoms with Crippen LogP contribution in [0.1, 0.15) is 37.6 Å². The number of carbonyl (C=O) groups excluding carboxylic acids is 2. The molecule has 0 atom stereocenters. The summed E-state index contributed by atoms with van der Waals surface area (Å²) in [5.74, 6) is -3.41. The normalized spacial score (nSPS) is 12.7. The summed E-state index contributed by atoms with van der Waals surface area (Å²) >= 11 is 3.34. The molecule has 8 nitrogen and oxygen atoms in total. The summed E-state index contributed by atoms with van der Waals surface area (Å²) in [4.78, 5) is 39.3. The van der Waals surface area contributed by atoms with Crippen molar-refractivity contribution in [1.82, 2.24) is 0 Å². The molecule has 2 N–H and O–H groups in total. The Labute approximate surface area is 171 Å². The first-order valence-corrected chi connectivity index (χ1v) is 9.08. The molecular weight excluding hydrogens is 448 g/mol. The van der Waals surface area contributed by atoms with Crippen LogP contribution >= 0.6 is 15.9 Å². The second-order valence-corrected chi connectivity index (χ2v) is 7.17. The number of ketones is 2. The molecule has 4 rings (SSSR count). The molecule has 148 valence electrons. The maximum Gasteiger partial charge on any atom is 0.233 e. The molecule has 2 aromatic carbocycles. The van der Waals surface area contributed by atoms with E-state index in [-0.39, 0.29) is 16.7 Å². The maximum absolute atomic E-state index is 13.2. The molecule has 3 aromatic rings. The fraction of sp³-hybridized carbons (Fsp3) is 0.150. The van der Waals surface area contributed by atoms with Crippen LogP contribution in [0.15, 0.2) is 25.8 Å². The first kappa shape index (κ1) is 19.0. The molecule has 29 heavy (non-hydrogen) atoms. The molecule has 1 aliphatic carbocycles. The van der Waals surface area contributed by atoms with E-state index in [4.69, 9.17) is 13.9 Å². The number of halogens is 1. The van der Waals surface area contributed by atoms with Crippen LogP contribution in [0.5, 0.6) is 23.0 Å². The van der Waals surface area contributed by atoms with Crippen LogP contribution in [0.3, 0.4) is 0 Å². The lowest BCUT2D eigenvalue weighted by atomic mass is 9.85. The van der Waals surface area contributed by atoms with E-state index in [0.29, 0.717) is 15.8 Å². The topological polar surface area (TPSA) is 123 Å². The van der Waals surface area contributed by atoms with Crippen molar-refractivity contribution in [2.24, 2.45) is 0 Å². The molecule has 0 fully saturated rings. The smallest absolute Gasteiger partial charge is 0.233 e. The molecule has 0 amide bonds. The van der Waals surface area contributed by atoms with Gasteiger partial charge in [0.2, 0.25) is 17.0 Å². The number of methoxy groups -OCH3 is 2. The number of phenolic OH excluding ortho intramolecular Hbond substituents is 2. The van der Waals surface area contributed by atoms with Crippen molar-refractivity contribution in [2.75, 3.05) is 14.2 Å². The third kappa shape index (κ3) is 2.40. The van der Waals surface area contributed by atoms with Gasteiger partial charge in [-0.05, 0) is 28.4 Å². The maximum atomic E-state index is 13.2. The lowest BCUT2D eigenvalue weighted by Gasteiger charge is -2.20. The van der Waals surface area contributed by atoms with Crippen molar-refractivity contribution >= 4 is 38.5 Å². The monoisotopic (exact) mass is 460 g/mol. The van der Waals surface area contributed by atoms with Gasteiger partial charge in [-0.2, -0.15) is 0 Å². The van der Waals surface area contributed by atoms with Gasteiger partial charge in [0.05, 0.1) is 35.2 Å². The van der Waals surface area contributed by atoms with Gasteiger partial charge in [0.15, 0.2) is 17.3 Å². The number of aryl methyl sites for hydroxylation is 1. The second-order valence-electron chi connectivity index (χ2n) is 6.38. The molecular formula is C20H13BrO8. The first-order chi connectivity index (χ1) is 13.7. The number of hydrogen-bond donors (Lipinski definition) is 2. The Bertz CT molecular complexity index is 1320. The zero-order valence-corrected chi connectivity index (χ0v) is 17.0. The predicted molar refractivity (Wildman–Crippen MR) is 105 cm³/mol. The zero-order valence-electron chi connectivity index (χ0n) is 15.4. The lowest BCUT2D eigenvalue weighted by molar-refractivity contribution is 0.0951. The third-order valence-electron chi connectivity index (χ3n) is 4.89. The Morgan fingerprint density at radius 1 is 0.931 bits per heavy atom. The van der Waals surface area contributed by atoms with Crippen molar-refractivity contribution in [3.8, 4) is 23.0 Å². The lowest BCUT2D eigenvalue weighted by Crippen LogP contribution is -2.28. The Hall–Kier alpha value is -3.33. The van der Waals surface area contributed by atoms with Gasteiger partial charge in [-0.25, -0.2) is 0 Å². The van der Waals surface area contributed by atoms with Gasteiger partial charge in [0.1, 0.15) is 22.6 Å². The Morgan fingerprint density at radius 2 is 1.59 bits per heavy atom. The average Bonchev–Trinajstić information content (AvgIpc) is 2.69. The van der Waals surface area contributed by atoms with Crippen molar-refractivity contribution < 1.29 is 33.7 Å². The summed E-state index contributed by atoms with van der Waals surface area (Å²) in [6.07, 6.45) is 0. The molecule has 0 aliphatic heterocycles. The summed E-state index contributed by atoms with van der Waals surface area (Å²) in [5.41, 5.74) is -1.68. The number of rotatable bonds is 2. The van der Waals surface area contributed by atoms with Crippen LogP contribution in [0.2, 0.25) is 0 Å². The minimum absolute atomic E-state index is 0.0440. The van der Waals surface area contributed by atoms with Crippen LogP contribution in [0.25, 0.3) is 11.0 Å². The molecule has 0 spiro atoms. The van der Waals surface area contributed by atoms with Crippen molar-refractivity contribution in [3.63, 3.8) is 0 Å². The Morgan fingerprint density at radius 3 is 2.21 bits per heavy atom. The van der Waals surface area contributed by atoms with E-state index in [2.05, 4.69) is 15.9 Å². The highest BCUT2D eigenvalue weighted by Gasteiger charge is 2.40. The first-order valence-electron chi connectivity index (χ1n) is 8.29. The van der Waals surface area contributed by atoms with E-state index in [0.717, 1.165) is 6.07 Å². The summed E-state index contributed by atoms with van der Waals surface area (Å²) < 4.78 is 16.3. The quantitative estimate of drug-likeness (QED) is 0.437. The molecule has 1 aliphatic rings. The molecule has 1 heterocycles. The van der Waals surface area contributed by atoms with Crippen LogP contribution in [0, 0.1) is 6.92 Å². The van der Waals surface area contributed by atoms with Crippen molar-refractivity contribution in [3.05, 3.63) is 54.8 Å². The van der Waals surface area contributed by atoms with Gasteiger partial charge in [0.25, 0.3) is 0 Å². The van der Waals surface area contributed by atoms with E-state index in [1.54, 1.807) is 6.92 Å². The van der Waals surface area contributed by atoms with Crippen LogP contribution in [0.4, 0.5) is 0 Å². The SMILES string of the molecule is COc1cc(O)c2c(c1O)C(=O)c1oc3cc(OC)c(Br)c(C)c3c(=O)c1C2=O. The fourth-order valence-corrected chi connectivity index (χ4v) is 3.95. The molecule has 9 heteroatoms. The zero-order chi connectivity index (χ0) is 21.2. The van der Waals surface area contributed by atoms with Crippen LogP contribution < -0.4 is 14.9 Å². The largest absolute Gasteiger partial charge is 0.507 e. The minimum Gasteiger partial charge on any atom is -0.507 e. The van der Waals surface area contributed by atoms with E-state index in [1.807, 2.05) is 0 Å². The Kier molecular flexibility index (Phi) is 4.16. The molecule has 0 saturated carbocycles. The molecule has 0 bridgehead atoms. The summed E-state index contributed by atoms with van der Waals surface area (Å²) in [7, 11) is 2.66. The highest BCUT2D eigenvalue weighted by molar-refractivity contribution is 9.10. The number of hydrogen-bond acceptors (Lipinski definition) is 8. The highest BCUT2D eigenvalue weighted by Crippen LogP contribution is 2.44. The number of ether oxygens (including phenoxy) is 2. The third-order valence-corrected chi connectivity index (χ3v) is 5.88.